The molecule has 0 aromatic heterocycles. The molecule has 0 aliphatic carbocycles. The maximum atomic E-state index is 5.43. The number of hydrogen-bond acceptors (Lipinski definition) is 1. The summed E-state index contributed by atoms with van der Waals surface area (Å²) in [5, 5.41) is 0. The van der Waals surface area contributed by atoms with Crippen LogP contribution in [0.2, 0.25) is 0 Å². The zero-order valence-corrected chi connectivity index (χ0v) is 7.67. The standard InChI is InChI=1S/C10H17N/c1-5-11-9(4)6-7-10(11)8(2)3/h1,8-10H,6-7H2,2-4H3. The van der Waals surface area contributed by atoms with Gasteiger partial charge in [-0.25, -0.2) is 0 Å². The van der Waals surface area contributed by atoms with Gasteiger partial charge in [0.2, 0.25) is 0 Å². The molecule has 11 heavy (non-hydrogen) atoms. The predicted molar refractivity (Wildman–Crippen MR) is 48.0 cm³/mol. The van der Waals surface area contributed by atoms with E-state index in [4.69, 9.17) is 6.42 Å². The van der Waals surface area contributed by atoms with Gasteiger partial charge in [-0.1, -0.05) is 20.3 Å². The predicted octanol–water partition coefficient (Wildman–Crippen LogP) is 2.09. The number of likely N-dealkylation sites (tertiary alicyclic amines) is 1. The second kappa shape index (κ2) is 3.17. The molecule has 0 radical (unpaired) electrons. The molecule has 0 N–H and O–H groups in total. The number of hydrogen-bond donors (Lipinski definition) is 0. The summed E-state index contributed by atoms with van der Waals surface area (Å²) < 4.78 is 0. The van der Waals surface area contributed by atoms with E-state index in [1.165, 1.54) is 12.8 Å². The lowest BCUT2D eigenvalue weighted by Gasteiger charge is -2.26. The van der Waals surface area contributed by atoms with Crippen molar-refractivity contribution in [1.29, 1.82) is 0 Å². The molecular weight excluding hydrogens is 134 g/mol. The minimum absolute atomic E-state index is 0.590. The molecule has 1 nitrogen and oxygen atoms in total. The fourth-order valence-electron chi connectivity index (χ4n) is 1.89. The van der Waals surface area contributed by atoms with Gasteiger partial charge in [0.15, 0.2) is 0 Å². The summed E-state index contributed by atoms with van der Waals surface area (Å²) in [5.74, 6) is 0.691. The highest BCUT2D eigenvalue weighted by atomic mass is 15.2. The molecular formula is C10H17N. The molecule has 1 heterocycles. The smallest absolute Gasteiger partial charge is 0.0398 e. The van der Waals surface area contributed by atoms with Crippen LogP contribution in [0.15, 0.2) is 0 Å². The van der Waals surface area contributed by atoms with Gasteiger partial charge in [-0.2, -0.15) is 0 Å². The first-order valence-electron chi connectivity index (χ1n) is 4.41. The average molecular weight is 151 g/mol. The molecule has 62 valence electrons. The quantitative estimate of drug-likeness (QED) is 0.519. The van der Waals surface area contributed by atoms with Gasteiger partial charge in [0.05, 0.1) is 0 Å². The molecule has 1 rings (SSSR count). The normalized spacial score (nSPS) is 31.0. The number of rotatable bonds is 1. The first-order valence-corrected chi connectivity index (χ1v) is 4.41. The van der Waals surface area contributed by atoms with Gasteiger partial charge < -0.3 is 4.90 Å². The Bertz CT molecular complexity index is 166. The summed E-state index contributed by atoms with van der Waals surface area (Å²) in [6.45, 7) is 6.70. The lowest BCUT2D eigenvalue weighted by atomic mass is 10.0. The van der Waals surface area contributed by atoms with Crippen LogP contribution in [0.3, 0.4) is 0 Å². The zero-order chi connectivity index (χ0) is 8.43. The molecule has 1 aliphatic rings. The van der Waals surface area contributed by atoms with Gasteiger partial charge in [0.25, 0.3) is 0 Å². The molecule has 1 aliphatic heterocycles. The molecule has 0 aromatic rings. The Morgan fingerprint density at radius 1 is 1.45 bits per heavy atom. The molecule has 0 saturated carbocycles. The molecule has 0 amide bonds. The monoisotopic (exact) mass is 151 g/mol. The van der Waals surface area contributed by atoms with Crippen molar-refractivity contribution in [2.24, 2.45) is 5.92 Å². The van der Waals surface area contributed by atoms with Crippen molar-refractivity contribution in [3.8, 4) is 12.5 Å². The molecule has 0 bridgehead atoms. The minimum atomic E-state index is 0.590. The lowest BCUT2D eigenvalue weighted by molar-refractivity contribution is 0.255. The van der Waals surface area contributed by atoms with Gasteiger partial charge in [-0.05, 0) is 25.7 Å². The molecule has 0 spiro atoms. The van der Waals surface area contributed by atoms with Gasteiger partial charge in [0, 0.05) is 18.1 Å². The van der Waals surface area contributed by atoms with Crippen molar-refractivity contribution < 1.29 is 0 Å². The Labute approximate surface area is 69.8 Å². The van der Waals surface area contributed by atoms with Crippen molar-refractivity contribution in [3.63, 3.8) is 0 Å². The first kappa shape index (κ1) is 8.46. The maximum absolute atomic E-state index is 5.43. The van der Waals surface area contributed by atoms with E-state index in [0.29, 0.717) is 18.0 Å². The fraction of sp³-hybridized carbons (Fsp3) is 0.800. The minimum Gasteiger partial charge on any atom is -0.327 e. The average Bonchev–Trinajstić information content (AvgIpc) is 2.30. The highest BCUT2D eigenvalue weighted by Crippen LogP contribution is 2.27. The third-order valence-electron chi connectivity index (χ3n) is 2.63. The van der Waals surface area contributed by atoms with Crippen LogP contribution in [0.25, 0.3) is 0 Å². The van der Waals surface area contributed by atoms with E-state index in [0.717, 1.165) is 0 Å². The van der Waals surface area contributed by atoms with E-state index < -0.39 is 0 Å². The summed E-state index contributed by atoms with van der Waals surface area (Å²) in [6.07, 6.45) is 7.95. The Morgan fingerprint density at radius 3 is 2.45 bits per heavy atom. The van der Waals surface area contributed by atoms with E-state index in [2.05, 4.69) is 31.7 Å². The van der Waals surface area contributed by atoms with E-state index in [9.17, 15) is 0 Å². The SMILES string of the molecule is C#CN1C(C)CCC1C(C)C. The third-order valence-corrected chi connectivity index (χ3v) is 2.63. The van der Waals surface area contributed by atoms with Crippen molar-refractivity contribution in [1.82, 2.24) is 4.90 Å². The van der Waals surface area contributed by atoms with Gasteiger partial charge in [-0.15, -0.1) is 0 Å². The summed E-state index contributed by atoms with van der Waals surface area (Å²) in [7, 11) is 0. The third kappa shape index (κ3) is 1.50. The lowest BCUT2D eigenvalue weighted by Crippen LogP contribution is -2.33. The van der Waals surface area contributed by atoms with Gasteiger partial charge >= 0.3 is 0 Å². The van der Waals surface area contributed by atoms with Crippen LogP contribution in [0.4, 0.5) is 0 Å². The molecule has 2 atom stereocenters. The molecule has 1 heteroatoms. The summed E-state index contributed by atoms with van der Waals surface area (Å²) in [5.41, 5.74) is 0. The Balaban J connectivity index is 2.63. The van der Waals surface area contributed by atoms with Crippen molar-refractivity contribution in [3.05, 3.63) is 0 Å². The van der Waals surface area contributed by atoms with E-state index in [-0.39, 0.29) is 0 Å². The summed E-state index contributed by atoms with van der Waals surface area (Å²) >= 11 is 0. The Hall–Kier alpha value is -0.640. The number of nitrogens with zero attached hydrogens (tertiary/aromatic N) is 1. The molecule has 1 saturated heterocycles. The molecule has 2 unspecified atom stereocenters. The molecule has 1 fully saturated rings. The highest BCUT2D eigenvalue weighted by molar-refractivity contribution is 4.98. The van der Waals surface area contributed by atoms with Crippen LogP contribution in [0.5, 0.6) is 0 Å². The van der Waals surface area contributed by atoms with Crippen LogP contribution in [0, 0.1) is 18.4 Å². The van der Waals surface area contributed by atoms with Gasteiger partial charge in [-0.3, -0.25) is 0 Å². The second-order valence-corrected chi connectivity index (χ2v) is 3.77. The fourth-order valence-corrected chi connectivity index (χ4v) is 1.89. The number of terminal acetylenes is 1. The largest absolute Gasteiger partial charge is 0.327 e. The Morgan fingerprint density at radius 2 is 2.09 bits per heavy atom. The highest BCUT2D eigenvalue weighted by Gasteiger charge is 2.30. The Kier molecular flexibility index (Phi) is 2.44. The second-order valence-electron chi connectivity index (χ2n) is 3.77. The summed E-state index contributed by atoms with van der Waals surface area (Å²) in [6, 6.07) is 3.99. The van der Waals surface area contributed by atoms with Crippen LogP contribution < -0.4 is 0 Å². The van der Waals surface area contributed by atoms with Gasteiger partial charge in [0.1, 0.15) is 0 Å². The summed E-state index contributed by atoms with van der Waals surface area (Å²) in [4.78, 5) is 2.17. The zero-order valence-electron chi connectivity index (χ0n) is 7.67. The van der Waals surface area contributed by atoms with Crippen molar-refractivity contribution in [2.75, 3.05) is 0 Å². The maximum Gasteiger partial charge on any atom is 0.0398 e. The first-order chi connectivity index (χ1) is 5.16. The van der Waals surface area contributed by atoms with Crippen molar-refractivity contribution in [2.45, 2.75) is 45.7 Å². The topological polar surface area (TPSA) is 3.24 Å². The van der Waals surface area contributed by atoms with Crippen LogP contribution in [-0.2, 0) is 0 Å². The van der Waals surface area contributed by atoms with Crippen molar-refractivity contribution >= 4 is 0 Å². The van der Waals surface area contributed by atoms with E-state index >= 15 is 0 Å². The van der Waals surface area contributed by atoms with Crippen LogP contribution in [-0.4, -0.2) is 17.0 Å². The van der Waals surface area contributed by atoms with E-state index in [1.807, 2.05) is 0 Å². The molecule has 0 aromatic carbocycles. The van der Waals surface area contributed by atoms with Crippen LogP contribution >= 0.6 is 0 Å². The van der Waals surface area contributed by atoms with Crippen LogP contribution in [0.1, 0.15) is 33.6 Å². The van der Waals surface area contributed by atoms with E-state index in [1.54, 1.807) is 0 Å².